The van der Waals surface area contributed by atoms with Gasteiger partial charge in [0.05, 0.1) is 19.5 Å². The van der Waals surface area contributed by atoms with Crippen molar-refractivity contribution in [3.05, 3.63) is 23.8 Å². The van der Waals surface area contributed by atoms with E-state index in [1.165, 1.54) is 0 Å². The summed E-state index contributed by atoms with van der Waals surface area (Å²) in [6, 6.07) is 5.30. The smallest absolute Gasteiger partial charge is 0.215 e. The van der Waals surface area contributed by atoms with Crippen molar-refractivity contribution in [2.45, 2.75) is 18.7 Å². The maximum Gasteiger partial charge on any atom is 0.215 e. The van der Waals surface area contributed by atoms with Crippen LogP contribution in [0.25, 0.3) is 0 Å². The summed E-state index contributed by atoms with van der Waals surface area (Å²) in [5.74, 6) is 1.19. The zero-order valence-electron chi connectivity index (χ0n) is 12.3. The van der Waals surface area contributed by atoms with Crippen LogP contribution in [0.5, 0.6) is 11.5 Å². The van der Waals surface area contributed by atoms with E-state index in [1.807, 2.05) is 0 Å². The molecule has 0 saturated heterocycles. The topological polar surface area (TPSA) is 76.7 Å². The van der Waals surface area contributed by atoms with Gasteiger partial charge in [0.2, 0.25) is 10.0 Å². The Kier molecular flexibility index (Phi) is 6.25. The highest BCUT2D eigenvalue weighted by molar-refractivity contribution is 7.90. The maximum absolute atomic E-state index is 12.0. The molecular formula is C13H22N2O4S. The molecule has 7 heteroatoms. The predicted molar refractivity (Wildman–Crippen MR) is 78.7 cm³/mol. The van der Waals surface area contributed by atoms with Gasteiger partial charge in [0.1, 0.15) is 0 Å². The van der Waals surface area contributed by atoms with Crippen LogP contribution in [0, 0.1) is 0 Å². The van der Waals surface area contributed by atoms with E-state index in [4.69, 9.17) is 9.47 Å². The molecule has 0 amide bonds. The Hall–Kier alpha value is -1.31. The number of benzene rings is 1. The van der Waals surface area contributed by atoms with E-state index in [1.54, 1.807) is 46.4 Å². The molecule has 0 aliphatic rings. The van der Waals surface area contributed by atoms with E-state index in [9.17, 15) is 8.42 Å². The first-order valence-corrected chi connectivity index (χ1v) is 7.83. The van der Waals surface area contributed by atoms with Crippen molar-refractivity contribution in [2.75, 3.05) is 27.8 Å². The van der Waals surface area contributed by atoms with Gasteiger partial charge in [0.15, 0.2) is 11.5 Å². The molecule has 20 heavy (non-hydrogen) atoms. The molecular weight excluding hydrogens is 280 g/mol. The van der Waals surface area contributed by atoms with Crippen LogP contribution in [0.2, 0.25) is 0 Å². The van der Waals surface area contributed by atoms with Crippen LogP contribution >= 0.6 is 0 Å². The summed E-state index contributed by atoms with van der Waals surface area (Å²) < 4.78 is 36.8. The Labute approximate surface area is 120 Å². The molecule has 0 aliphatic carbocycles. The molecule has 6 nitrogen and oxygen atoms in total. The second kappa shape index (κ2) is 7.47. The second-order valence-electron chi connectivity index (χ2n) is 4.42. The normalized spacial score (nSPS) is 13.0. The molecule has 1 aromatic rings. The Morgan fingerprint density at radius 3 is 2.40 bits per heavy atom. The molecule has 2 N–H and O–H groups in total. The Morgan fingerprint density at radius 2 is 1.85 bits per heavy atom. The Balaban J connectivity index is 2.75. The molecule has 0 heterocycles. The average Bonchev–Trinajstić information content (AvgIpc) is 2.45. The molecule has 0 radical (unpaired) electrons. The molecule has 0 saturated carbocycles. The lowest BCUT2D eigenvalue weighted by Gasteiger charge is -2.14. The van der Waals surface area contributed by atoms with Crippen LogP contribution in [0.4, 0.5) is 0 Å². The van der Waals surface area contributed by atoms with Gasteiger partial charge in [-0.3, -0.25) is 0 Å². The van der Waals surface area contributed by atoms with Crippen LogP contribution in [0.1, 0.15) is 12.5 Å². The zero-order chi connectivity index (χ0) is 15.2. The van der Waals surface area contributed by atoms with E-state index in [-0.39, 0.29) is 6.54 Å². The van der Waals surface area contributed by atoms with Crippen LogP contribution in [-0.4, -0.2) is 41.5 Å². The van der Waals surface area contributed by atoms with Gasteiger partial charge >= 0.3 is 0 Å². The van der Waals surface area contributed by atoms with E-state index in [2.05, 4.69) is 10.0 Å². The monoisotopic (exact) mass is 302 g/mol. The van der Waals surface area contributed by atoms with Crippen molar-refractivity contribution >= 4 is 10.0 Å². The first-order valence-electron chi connectivity index (χ1n) is 6.28. The number of methoxy groups -OCH3 is 2. The fourth-order valence-electron chi connectivity index (χ4n) is 1.71. The van der Waals surface area contributed by atoms with Gasteiger partial charge in [-0.25, -0.2) is 13.1 Å². The number of hydrogen-bond acceptors (Lipinski definition) is 5. The first kappa shape index (κ1) is 16.7. The van der Waals surface area contributed by atoms with Gasteiger partial charge in [-0.2, -0.15) is 0 Å². The number of nitrogens with one attached hydrogen (secondary N) is 2. The van der Waals surface area contributed by atoms with Crippen LogP contribution in [-0.2, 0) is 16.6 Å². The summed E-state index contributed by atoms with van der Waals surface area (Å²) in [6.45, 7) is 2.28. The zero-order valence-corrected chi connectivity index (χ0v) is 13.1. The number of rotatable bonds is 8. The highest BCUT2D eigenvalue weighted by Gasteiger charge is 2.19. The lowest BCUT2D eigenvalue weighted by atomic mass is 10.2. The lowest BCUT2D eigenvalue weighted by Crippen LogP contribution is -2.37. The van der Waals surface area contributed by atoms with Crippen LogP contribution in [0.15, 0.2) is 18.2 Å². The third kappa shape index (κ3) is 4.36. The molecule has 0 bridgehead atoms. The minimum atomic E-state index is -3.34. The standard InChI is InChI=1S/C13H22N2O4S/c1-10(8-14-2)20(16,17)15-9-11-5-6-12(18-3)13(7-11)19-4/h5-7,10,14-15H,8-9H2,1-4H3. The summed E-state index contributed by atoms with van der Waals surface area (Å²) >= 11 is 0. The van der Waals surface area contributed by atoms with Crippen molar-refractivity contribution in [3.8, 4) is 11.5 Å². The van der Waals surface area contributed by atoms with E-state index >= 15 is 0 Å². The lowest BCUT2D eigenvalue weighted by molar-refractivity contribution is 0.354. The third-order valence-corrected chi connectivity index (χ3v) is 4.72. The fraction of sp³-hybridized carbons (Fsp3) is 0.538. The highest BCUT2D eigenvalue weighted by Crippen LogP contribution is 2.27. The van der Waals surface area contributed by atoms with Gasteiger partial charge in [0, 0.05) is 13.1 Å². The summed E-state index contributed by atoms with van der Waals surface area (Å²) in [4.78, 5) is 0. The molecule has 1 unspecified atom stereocenters. The highest BCUT2D eigenvalue weighted by atomic mass is 32.2. The van der Waals surface area contributed by atoms with Gasteiger partial charge in [-0.1, -0.05) is 6.07 Å². The molecule has 0 spiro atoms. The SMILES string of the molecule is CNCC(C)S(=O)(=O)NCc1ccc(OC)c(OC)c1. The summed E-state index contributed by atoms with van der Waals surface area (Å²) in [5, 5.41) is 2.36. The minimum Gasteiger partial charge on any atom is -0.493 e. The van der Waals surface area contributed by atoms with E-state index in [0.29, 0.717) is 18.0 Å². The van der Waals surface area contributed by atoms with Gasteiger partial charge in [-0.05, 0) is 31.7 Å². The number of ether oxygens (including phenoxy) is 2. The molecule has 1 atom stereocenters. The number of sulfonamides is 1. The van der Waals surface area contributed by atoms with Crippen molar-refractivity contribution in [2.24, 2.45) is 0 Å². The Bertz CT molecular complexity index is 531. The largest absolute Gasteiger partial charge is 0.493 e. The number of hydrogen-bond donors (Lipinski definition) is 2. The molecule has 1 aromatic carbocycles. The van der Waals surface area contributed by atoms with Crippen molar-refractivity contribution in [3.63, 3.8) is 0 Å². The molecule has 0 aliphatic heterocycles. The van der Waals surface area contributed by atoms with Crippen LogP contribution < -0.4 is 19.5 Å². The Morgan fingerprint density at radius 1 is 1.20 bits per heavy atom. The summed E-state index contributed by atoms with van der Waals surface area (Å²) in [7, 11) is 1.48. The van der Waals surface area contributed by atoms with Crippen molar-refractivity contribution in [1.82, 2.24) is 10.0 Å². The van der Waals surface area contributed by atoms with Crippen molar-refractivity contribution < 1.29 is 17.9 Å². The van der Waals surface area contributed by atoms with E-state index in [0.717, 1.165) is 5.56 Å². The van der Waals surface area contributed by atoms with Gasteiger partial charge in [0.25, 0.3) is 0 Å². The fourth-order valence-corrected chi connectivity index (χ4v) is 2.75. The summed E-state index contributed by atoms with van der Waals surface area (Å²) in [6.07, 6.45) is 0. The maximum atomic E-state index is 12.0. The molecule has 114 valence electrons. The predicted octanol–water partition coefficient (Wildman–Crippen LogP) is 0.731. The first-order chi connectivity index (χ1) is 9.44. The van der Waals surface area contributed by atoms with E-state index < -0.39 is 15.3 Å². The van der Waals surface area contributed by atoms with Gasteiger partial charge in [-0.15, -0.1) is 0 Å². The summed E-state index contributed by atoms with van der Waals surface area (Å²) in [5.41, 5.74) is 0.808. The quantitative estimate of drug-likeness (QED) is 0.740. The molecule has 0 aromatic heterocycles. The molecule has 0 fully saturated rings. The third-order valence-electron chi connectivity index (χ3n) is 2.95. The van der Waals surface area contributed by atoms with Gasteiger partial charge < -0.3 is 14.8 Å². The minimum absolute atomic E-state index is 0.219. The van der Waals surface area contributed by atoms with Crippen LogP contribution in [0.3, 0.4) is 0 Å². The average molecular weight is 302 g/mol. The molecule has 1 rings (SSSR count). The second-order valence-corrected chi connectivity index (χ2v) is 6.61. The van der Waals surface area contributed by atoms with Crippen molar-refractivity contribution in [1.29, 1.82) is 0 Å².